The Balaban J connectivity index is 1.21. The number of aromatic amines is 2. The van der Waals surface area contributed by atoms with Crippen molar-refractivity contribution in [2.24, 2.45) is 5.92 Å². The fraction of sp³-hybridized carbons (Fsp3) is 0.256. The summed E-state index contributed by atoms with van der Waals surface area (Å²) in [5.41, 5.74) is 7.31. The van der Waals surface area contributed by atoms with Crippen molar-refractivity contribution in [1.29, 1.82) is 0 Å². The highest BCUT2D eigenvalue weighted by Crippen LogP contribution is 2.37. The third kappa shape index (κ3) is 6.18. The van der Waals surface area contributed by atoms with E-state index in [4.69, 9.17) is 34.6 Å². The first kappa shape index (κ1) is 32.9. The average Bonchev–Trinajstić information content (AvgIpc) is 3.93. The van der Waals surface area contributed by atoms with Crippen LogP contribution in [0.25, 0.3) is 89.7 Å². The molecule has 0 spiro atoms. The van der Waals surface area contributed by atoms with Gasteiger partial charge in [0.1, 0.15) is 22.6 Å². The van der Waals surface area contributed by atoms with E-state index < -0.39 is 0 Å². The fourth-order valence-electron chi connectivity index (χ4n) is 7.38. The lowest BCUT2D eigenvalue weighted by Gasteiger charge is -2.15. The minimum atomic E-state index is 0.581. The molecule has 0 fully saturated rings. The highest BCUT2D eigenvalue weighted by molar-refractivity contribution is 6.11. The van der Waals surface area contributed by atoms with Crippen LogP contribution in [0.3, 0.4) is 0 Å². The summed E-state index contributed by atoms with van der Waals surface area (Å²) < 4.78 is 6.11. The minimum absolute atomic E-state index is 0.581. The molecule has 9 rings (SSSR count). The van der Waals surface area contributed by atoms with Crippen molar-refractivity contribution < 1.29 is 4.74 Å². The van der Waals surface area contributed by atoms with Crippen molar-refractivity contribution in [2.75, 3.05) is 25.1 Å². The third-order valence-electron chi connectivity index (χ3n) is 10.3. The number of hydrogen-bond donors (Lipinski definition) is 3. The molecule has 0 radical (unpaired) electrons. The molecule has 1 atom stereocenters. The van der Waals surface area contributed by atoms with Crippen LogP contribution in [0.1, 0.15) is 46.0 Å². The number of nitrogens with one attached hydrogen (secondary N) is 3. The number of fused-ring (bicyclic) bond motifs is 20. The number of rotatable bonds is 11. The monoisotopic (exact) mass is 699 g/mol. The van der Waals surface area contributed by atoms with Gasteiger partial charge in [-0.3, -0.25) is 0 Å². The molecular weight excluding hydrogens is 659 g/mol. The van der Waals surface area contributed by atoms with Gasteiger partial charge in [-0.25, -0.2) is 29.9 Å². The number of benzene rings is 4. The van der Waals surface area contributed by atoms with Crippen molar-refractivity contribution in [3.05, 3.63) is 91.0 Å². The quantitative estimate of drug-likeness (QED) is 0.114. The zero-order valence-electron chi connectivity index (χ0n) is 30.0. The number of nitrogens with zero attached hydrogens (tertiary/aromatic N) is 6. The zero-order valence-corrected chi connectivity index (χ0v) is 30.0. The first-order valence-corrected chi connectivity index (χ1v) is 18.7. The third-order valence-corrected chi connectivity index (χ3v) is 10.3. The van der Waals surface area contributed by atoms with Gasteiger partial charge < -0.3 is 20.0 Å². The van der Waals surface area contributed by atoms with E-state index in [-0.39, 0.29) is 0 Å². The Morgan fingerprint density at radius 2 is 1.08 bits per heavy atom. The SMILES string of the molecule is CCCCC(CC)COCCCNc1cccc2c3nc4nc(nc5[nH]c(nc6nc(nc([nH]3)c12)-c1ccccc1-6)c1ccccc51)-c1ccccc1-4. The van der Waals surface area contributed by atoms with E-state index in [1.165, 1.54) is 19.3 Å². The van der Waals surface area contributed by atoms with E-state index in [2.05, 4.69) is 47.3 Å². The van der Waals surface area contributed by atoms with Gasteiger partial charge in [0.15, 0.2) is 23.3 Å². The van der Waals surface area contributed by atoms with Crippen LogP contribution < -0.4 is 5.32 Å². The Morgan fingerprint density at radius 3 is 1.64 bits per heavy atom. The Bertz CT molecular complexity index is 2640. The Morgan fingerprint density at radius 1 is 0.566 bits per heavy atom. The average molecular weight is 700 g/mol. The van der Waals surface area contributed by atoms with Crippen molar-refractivity contribution in [3.63, 3.8) is 0 Å². The van der Waals surface area contributed by atoms with Crippen LogP contribution in [-0.4, -0.2) is 59.6 Å². The van der Waals surface area contributed by atoms with Gasteiger partial charge in [-0.15, -0.1) is 0 Å². The predicted octanol–water partition coefficient (Wildman–Crippen LogP) is 9.90. The lowest BCUT2D eigenvalue weighted by molar-refractivity contribution is 0.0938. The second-order valence-electron chi connectivity index (χ2n) is 13.7. The topological polar surface area (TPSA) is 130 Å². The highest BCUT2D eigenvalue weighted by Gasteiger charge is 2.22. The summed E-state index contributed by atoms with van der Waals surface area (Å²) in [6.45, 7) is 6.81. The van der Waals surface area contributed by atoms with Crippen molar-refractivity contribution in [3.8, 4) is 45.6 Å². The lowest BCUT2D eigenvalue weighted by atomic mass is 10.0. The molecule has 0 saturated heterocycles. The maximum absolute atomic E-state index is 6.11. The molecule has 10 heteroatoms. The molecule has 3 N–H and O–H groups in total. The van der Waals surface area contributed by atoms with E-state index in [9.17, 15) is 0 Å². The molecule has 5 heterocycles. The summed E-state index contributed by atoms with van der Waals surface area (Å²) in [5.74, 6) is 2.97. The fourth-order valence-corrected chi connectivity index (χ4v) is 7.38. The molecular formula is C43H41N9O. The molecule has 0 saturated carbocycles. The van der Waals surface area contributed by atoms with E-state index in [1.54, 1.807) is 0 Å². The van der Waals surface area contributed by atoms with Gasteiger partial charge in [0.05, 0.1) is 5.39 Å². The summed E-state index contributed by atoms with van der Waals surface area (Å²) in [7, 11) is 0. The molecule has 4 aromatic carbocycles. The van der Waals surface area contributed by atoms with Gasteiger partial charge in [0.25, 0.3) is 0 Å². The van der Waals surface area contributed by atoms with Crippen LogP contribution in [0.2, 0.25) is 0 Å². The first-order valence-electron chi connectivity index (χ1n) is 18.7. The molecule has 0 aliphatic carbocycles. The molecule has 2 aliphatic rings. The van der Waals surface area contributed by atoms with E-state index in [0.29, 0.717) is 58.4 Å². The first-order chi connectivity index (χ1) is 26.2. The van der Waals surface area contributed by atoms with Gasteiger partial charge in [-0.2, -0.15) is 0 Å². The van der Waals surface area contributed by atoms with Gasteiger partial charge in [-0.05, 0) is 24.8 Å². The molecule has 8 bridgehead atoms. The van der Waals surface area contributed by atoms with Gasteiger partial charge in [0.2, 0.25) is 0 Å². The summed E-state index contributed by atoms with van der Waals surface area (Å²) in [5, 5.41) is 7.45. The molecule has 0 amide bonds. The second-order valence-corrected chi connectivity index (χ2v) is 13.7. The van der Waals surface area contributed by atoms with Gasteiger partial charge in [0, 0.05) is 63.9 Å². The zero-order chi connectivity index (χ0) is 35.7. The van der Waals surface area contributed by atoms with Crippen LogP contribution in [0.4, 0.5) is 5.69 Å². The number of ether oxygens (including phenoxy) is 1. The van der Waals surface area contributed by atoms with Crippen molar-refractivity contribution in [1.82, 2.24) is 39.9 Å². The molecule has 264 valence electrons. The lowest BCUT2D eigenvalue weighted by Crippen LogP contribution is -2.12. The van der Waals surface area contributed by atoms with E-state index in [1.807, 2.05) is 72.8 Å². The van der Waals surface area contributed by atoms with Gasteiger partial charge >= 0.3 is 0 Å². The minimum Gasteiger partial charge on any atom is -0.384 e. The normalized spacial score (nSPS) is 12.6. The number of anilines is 1. The largest absolute Gasteiger partial charge is 0.384 e. The Hall–Kier alpha value is -6.00. The van der Waals surface area contributed by atoms with Crippen molar-refractivity contribution >= 4 is 49.8 Å². The number of H-pyrrole nitrogens is 2. The standard InChI is InChI=1S/C43H41N9O/c1-3-5-14-26(4-2)25-53-24-13-23-44-34-22-12-21-33-35(34)43-51-41-32-20-11-10-19-31(32)39(49-41)47-37-28-16-7-6-15-27(28)36(45-37)46-38-29-17-8-9-18-30(29)40(48-38)50-42(33)52-43/h6-12,15-22,26,44H,3-5,13-14,23-25H2,1-2H3,(H2,45,46,47,48,49,50,51,52). The summed E-state index contributed by atoms with van der Waals surface area (Å²) in [6, 6.07) is 30.5. The number of aromatic nitrogens is 8. The van der Waals surface area contributed by atoms with E-state index in [0.717, 1.165) is 75.5 Å². The highest BCUT2D eigenvalue weighted by atomic mass is 16.5. The summed E-state index contributed by atoms with van der Waals surface area (Å²) >= 11 is 0. The Kier molecular flexibility index (Phi) is 8.81. The summed E-state index contributed by atoms with van der Waals surface area (Å²) in [6.07, 6.45) is 5.77. The second kappa shape index (κ2) is 14.2. The molecule has 3 aromatic heterocycles. The molecule has 10 nitrogen and oxygen atoms in total. The smallest absolute Gasteiger partial charge is 0.164 e. The molecule has 53 heavy (non-hydrogen) atoms. The van der Waals surface area contributed by atoms with Gasteiger partial charge in [-0.1, -0.05) is 118 Å². The number of hydrogen-bond acceptors (Lipinski definition) is 8. The van der Waals surface area contributed by atoms with Crippen LogP contribution >= 0.6 is 0 Å². The van der Waals surface area contributed by atoms with E-state index >= 15 is 0 Å². The number of unbranched alkanes of at least 4 members (excludes halogenated alkanes) is 1. The molecule has 7 aromatic rings. The predicted molar refractivity (Wildman–Crippen MR) is 213 cm³/mol. The summed E-state index contributed by atoms with van der Waals surface area (Å²) in [4.78, 5) is 37.7. The van der Waals surface area contributed by atoms with Crippen LogP contribution in [0, 0.1) is 5.92 Å². The maximum atomic E-state index is 6.11. The maximum Gasteiger partial charge on any atom is 0.164 e. The molecule has 1 unspecified atom stereocenters. The van der Waals surface area contributed by atoms with Crippen LogP contribution in [-0.2, 0) is 4.74 Å². The Labute approximate surface area is 307 Å². The molecule has 2 aliphatic heterocycles. The van der Waals surface area contributed by atoms with Crippen molar-refractivity contribution in [2.45, 2.75) is 46.0 Å². The van der Waals surface area contributed by atoms with Crippen LogP contribution in [0.5, 0.6) is 0 Å². The van der Waals surface area contributed by atoms with Crippen LogP contribution in [0.15, 0.2) is 91.0 Å².